The lowest BCUT2D eigenvalue weighted by atomic mass is 9.95. The van der Waals surface area contributed by atoms with Gasteiger partial charge in [-0.15, -0.1) is 0 Å². The zero-order valence-corrected chi connectivity index (χ0v) is 16.9. The van der Waals surface area contributed by atoms with E-state index in [1.165, 1.54) is 6.07 Å². The Kier molecular flexibility index (Phi) is 6.99. The molecule has 3 nitrogen and oxygen atoms in total. The first kappa shape index (κ1) is 20.4. The number of nitrogens with zero attached hydrogens (tertiary/aromatic N) is 1. The molecule has 1 fully saturated rings. The molecule has 0 unspecified atom stereocenters. The number of amides is 1. The average molecular weight is 430 g/mol. The molecule has 0 bridgehead atoms. The lowest BCUT2D eigenvalue weighted by Crippen LogP contribution is -2.40. The highest BCUT2D eigenvalue weighted by atomic mass is 35.5. The summed E-state index contributed by atoms with van der Waals surface area (Å²) in [6, 6.07) is 9.94. The molecule has 1 aliphatic heterocycles. The molecule has 1 aliphatic rings. The molecule has 0 aliphatic carbocycles. The van der Waals surface area contributed by atoms with Crippen LogP contribution >= 0.6 is 34.8 Å². The zero-order valence-electron chi connectivity index (χ0n) is 14.7. The molecule has 0 aromatic heterocycles. The SMILES string of the molecule is O=C(NCc1ccc(Cl)cc1Cl)C1CCN(Cc2c(F)cccc2Cl)CC1. The molecule has 27 heavy (non-hydrogen) atoms. The molecule has 144 valence electrons. The molecule has 2 aromatic rings. The summed E-state index contributed by atoms with van der Waals surface area (Å²) in [5.74, 6) is -0.324. The van der Waals surface area contributed by atoms with Crippen molar-refractivity contribution < 1.29 is 9.18 Å². The monoisotopic (exact) mass is 428 g/mol. The van der Waals surface area contributed by atoms with Crippen LogP contribution in [-0.4, -0.2) is 23.9 Å². The first-order valence-corrected chi connectivity index (χ1v) is 9.94. The van der Waals surface area contributed by atoms with E-state index in [-0.39, 0.29) is 17.6 Å². The second-order valence-electron chi connectivity index (χ2n) is 6.70. The molecule has 1 N–H and O–H groups in total. The normalized spacial score (nSPS) is 15.7. The Bertz CT molecular complexity index is 803. The van der Waals surface area contributed by atoms with Crippen LogP contribution in [0.4, 0.5) is 4.39 Å². The van der Waals surface area contributed by atoms with Crippen molar-refractivity contribution in [2.75, 3.05) is 13.1 Å². The van der Waals surface area contributed by atoms with Gasteiger partial charge in [-0.1, -0.05) is 46.9 Å². The number of nitrogens with one attached hydrogen (secondary N) is 1. The van der Waals surface area contributed by atoms with Crippen molar-refractivity contribution in [1.29, 1.82) is 0 Å². The highest BCUT2D eigenvalue weighted by Crippen LogP contribution is 2.25. The van der Waals surface area contributed by atoms with Crippen LogP contribution in [0.15, 0.2) is 36.4 Å². The summed E-state index contributed by atoms with van der Waals surface area (Å²) in [4.78, 5) is 14.6. The third-order valence-corrected chi connectivity index (χ3v) is 5.81. The number of carbonyl (C=O) groups is 1. The van der Waals surface area contributed by atoms with Gasteiger partial charge >= 0.3 is 0 Å². The minimum atomic E-state index is -0.290. The topological polar surface area (TPSA) is 32.3 Å². The lowest BCUT2D eigenvalue weighted by molar-refractivity contribution is -0.126. The maximum atomic E-state index is 13.9. The summed E-state index contributed by atoms with van der Waals surface area (Å²) >= 11 is 18.1. The Morgan fingerprint density at radius 1 is 1.11 bits per heavy atom. The van der Waals surface area contributed by atoms with Crippen LogP contribution in [0.2, 0.25) is 15.1 Å². The van der Waals surface area contributed by atoms with E-state index in [0.29, 0.717) is 33.7 Å². The number of carbonyl (C=O) groups excluding carboxylic acids is 1. The largest absolute Gasteiger partial charge is 0.352 e. The van der Waals surface area contributed by atoms with Crippen molar-refractivity contribution in [2.45, 2.75) is 25.9 Å². The molecule has 0 spiro atoms. The quantitative estimate of drug-likeness (QED) is 0.698. The van der Waals surface area contributed by atoms with Gasteiger partial charge in [0.1, 0.15) is 5.82 Å². The Labute approximate surface area is 173 Å². The minimum Gasteiger partial charge on any atom is -0.352 e. The Morgan fingerprint density at radius 3 is 2.52 bits per heavy atom. The predicted molar refractivity (Wildman–Crippen MR) is 108 cm³/mol. The molecule has 2 aromatic carbocycles. The number of piperidine rings is 1. The van der Waals surface area contributed by atoms with Gasteiger partial charge in [0.2, 0.25) is 5.91 Å². The van der Waals surface area contributed by atoms with Gasteiger partial charge < -0.3 is 5.32 Å². The average Bonchev–Trinajstić information content (AvgIpc) is 2.64. The number of hydrogen-bond donors (Lipinski definition) is 1. The van der Waals surface area contributed by atoms with E-state index in [0.717, 1.165) is 31.5 Å². The van der Waals surface area contributed by atoms with Gasteiger partial charge in [0, 0.05) is 39.6 Å². The van der Waals surface area contributed by atoms with E-state index in [1.807, 2.05) is 6.07 Å². The third-order valence-electron chi connectivity index (χ3n) is 4.87. The fraction of sp³-hybridized carbons (Fsp3) is 0.350. The van der Waals surface area contributed by atoms with E-state index >= 15 is 0 Å². The third kappa shape index (κ3) is 5.35. The van der Waals surface area contributed by atoms with Gasteiger partial charge in [-0.05, 0) is 55.8 Å². The van der Waals surface area contributed by atoms with Gasteiger partial charge in [0.05, 0.1) is 0 Å². The second kappa shape index (κ2) is 9.24. The number of benzene rings is 2. The summed E-state index contributed by atoms with van der Waals surface area (Å²) in [6.07, 6.45) is 1.46. The van der Waals surface area contributed by atoms with Crippen LogP contribution < -0.4 is 5.32 Å². The summed E-state index contributed by atoms with van der Waals surface area (Å²) in [6.45, 7) is 2.29. The van der Waals surface area contributed by atoms with Crippen LogP contribution in [-0.2, 0) is 17.9 Å². The molecule has 1 saturated heterocycles. The summed E-state index contributed by atoms with van der Waals surface area (Å²) < 4.78 is 13.9. The van der Waals surface area contributed by atoms with Crippen molar-refractivity contribution in [3.63, 3.8) is 0 Å². The smallest absolute Gasteiger partial charge is 0.223 e. The van der Waals surface area contributed by atoms with E-state index in [1.54, 1.807) is 24.3 Å². The van der Waals surface area contributed by atoms with Crippen LogP contribution in [0.3, 0.4) is 0 Å². The van der Waals surface area contributed by atoms with Gasteiger partial charge in [-0.3, -0.25) is 9.69 Å². The van der Waals surface area contributed by atoms with Crippen LogP contribution in [0.5, 0.6) is 0 Å². The van der Waals surface area contributed by atoms with Gasteiger partial charge in [-0.2, -0.15) is 0 Å². The summed E-state index contributed by atoms with van der Waals surface area (Å²) in [7, 11) is 0. The van der Waals surface area contributed by atoms with Crippen molar-refractivity contribution >= 4 is 40.7 Å². The highest BCUT2D eigenvalue weighted by Gasteiger charge is 2.25. The van der Waals surface area contributed by atoms with Gasteiger partial charge in [0.25, 0.3) is 0 Å². The summed E-state index contributed by atoms with van der Waals surface area (Å²) in [5, 5.41) is 4.49. The number of halogens is 4. The Hall–Kier alpha value is -1.33. The molecule has 3 rings (SSSR count). The molecule has 0 atom stereocenters. The number of hydrogen-bond acceptors (Lipinski definition) is 2. The van der Waals surface area contributed by atoms with Crippen LogP contribution in [0.25, 0.3) is 0 Å². The maximum Gasteiger partial charge on any atom is 0.223 e. The Balaban J connectivity index is 1.49. The summed E-state index contributed by atoms with van der Waals surface area (Å²) in [5.41, 5.74) is 1.35. The second-order valence-corrected chi connectivity index (χ2v) is 7.96. The zero-order chi connectivity index (χ0) is 19.4. The minimum absolute atomic E-state index is 0.0181. The predicted octanol–water partition coefficient (Wildman–Crippen LogP) is 5.31. The van der Waals surface area contributed by atoms with E-state index < -0.39 is 0 Å². The van der Waals surface area contributed by atoms with E-state index in [2.05, 4.69) is 10.2 Å². The van der Waals surface area contributed by atoms with Gasteiger partial charge in [-0.25, -0.2) is 4.39 Å². The molecule has 1 amide bonds. The first-order valence-electron chi connectivity index (χ1n) is 8.81. The molecular weight excluding hydrogens is 410 g/mol. The molecule has 7 heteroatoms. The molecular formula is C20H20Cl3FN2O. The number of rotatable bonds is 5. The number of likely N-dealkylation sites (tertiary alicyclic amines) is 1. The fourth-order valence-corrected chi connectivity index (χ4v) is 3.95. The van der Waals surface area contributed by atoms with Crippen molar-refractivity contribution in [3.05, 3.63) is 68.4 Å². The fourth-order valence-electron chi connectivity index (χ4n) is 3.25. The Morgan fingerprint density at radius 2 is 1.85 bits per heavy atom. The van der Waals surface area contributed by atoms with Crippen molar-refractivity contribution in [3.8, 4) is 0 Å². The van der Waals surface area contributed by atoms with Crippen LogP contribution in [0.1, 0.15) is 24.0 Å². The first-order chi connectivity index (χ1) is 12.9. The molecule has 1 heterocycles. The van der Waals surface area contributed by atoms with E-state index in [9.17, 15) is 9.18 Å². The van der Waals surface area contributed by atoms with Crippen molar-refractivity contribution in [1.82, 2.24) is 10.2 Å². The highest BCUT2D eigenvalue weighted by molar-refractivity contribution is 6.35. The maximum absolute atomic E-state index is 13.9. The molecule has 0 radical (unpaired) electrons. The van der Waals surface area contributed by atoms with Crippen molar-refractivity contribution in [2.24, 2.45) is 5.92 Å². The van der Waals surface area contributed by atoms with Crippen LogP contribution in [0, 0.1) is 11.7 Å². The lowest BCUT2D eigenvalue weighted by Gasteiger charge is -2.31. The standard InChI is InChI=1S/C20H20Cl3FN2O/c21-15-5-4-14(18(23)10-15)11-25-20(27)13-6-8-26(9-7-13)12-16-17(22)2-1-3-19(16)24/h1-5,10,13H,6-9,11-12H2,(H,25,27). The molecule has 0 saturated carbocycles. The van der Waals surface area contributed by atoms with Gasteiger partial charge in [0.15, 0.2) is 0 Å². The van der Waals surface area contributed by atoms with E-state index in [4.69, 9.17) is 34.8 Å².